The van der Waals surface area contributed by atoms with E-state index in [2.05, 4.69) is 28.9 Å². The number of rotatable bonds is 5. The van der Waals surface area contributed by atoms with Crippen LogP contribution in [0.15, 0.2) is 36.5 Å². The van der Waals surface area contributed by atoms with Crippen LogP contribution in [-0.4, -0.2) is 34.0 Å². The van der Waals surface area contributed by atoms with Crippen LogP contribution < -0.4 is 0 Å². The van der Waals surface area contributed by atoms with Crippen LogP contribution in [0.4, 0.5) is 0 Å². The lowest BCUT2D eigenvalue weighted by Gasteiger charge is -2.36. The topological polar surface area (TPSA) is 53.4 Å². The number of hydrogen-bond donors (Lipinski definition) is 1. The van der Waals surface area contributed by atoms with Crippen LogP contribution in [0.3, 0.4) is 0 Å². The molecule has 0 radical (unpaired) electrons. The Kier molecular flexibility index (Phi) is 6.17. The van der Waals surface area contributed by atoms with Crippen LogP contribution in [0.2, 0.25) is 10.0 Å². The molecule has 4 nitrogen and oxygen atoms in total. The van der Waals surface area contributed by atoms with E-state index in [0.29, 0.717) is 36.0 Å². The molecular formula is C20H22Cl2N2O2. The number of aromatic nitrogens is 1. The maximum Gasteiger partial charge on any atom is 0.306 e. The molecule has 26 heavy (non-hydrogen) atoms. The lowest BCUT2D eigenvalue weighted by atomic mass is 9.93. The number of pyridine rings is 1. The molecule has 1 atom stereocenters. The van der Waals surface area contributed by atoms with E-state index in [4.69, 9.17) is 23.2 Å². The van der Waals surface area contributed by atoms with Crippen LogP contribution in [0, 0.1) is 5.92 Å². The number of carbonyl (C=O) groups is 1. The minimum Gasteiger partial charge on any atom is -0.481 e. The molecule has 1 aliphatic rings. The second kappa shape index (κ2) is 8.38. The maximum absolute atomic E-state index is 11.3. The third-order valence-corrected chi connectivity index (χ3v) is 5.78. The molecule has 0 amide bonds. The molecule has 1 unspecified atom stereocenters. The highest BCUT2D eigenvalue weighted by Crippen LogP contribution is 2.34. The smallest absolute Gasteiger partial charge is 0.306 e. The Labute approximate surface area is 163 Å². The lowest BCUT2D eigenvalue weighted by molar-refractivity contribution is -0.143. The summed E-state index contributed by atoms with van der Waals surface area (Å²) in [6.45, 7) is 3.52. The van der Waals surface area contributed by atoms with Crippen molar-refractivity contribution in [3.63, 3.8) is 0 Å². The molecule has 1 aromatic heterocycles. The normalized spacial score (nSPS) is 17.2. The van der Waals surface area contributed by atoms with Crippen molar-refractivity contribution in [2.24, 2.45) is 5.92 Å². The van der Waals surface area contributed by atoms with Gasteiger partial charge in [0.15, 0.2) is 0 Å². The number of hydrogen-bond acceptors (Lipinski definition) is 3. The van der Waals surface area contributed by atoms with Crippen molar-refractivity contribution >= 4 is 29.2 Å². The second-order valence-corrected chi connectivity index (χ2v) is 7.48. The first-order chi connectivity index (χ1) is 12.5. The van der Waals surface area contributed by atoms with Crippen LogP contribution in [0.25, 0.3) is 0 Å². The zero-order valence-electron chi connectivity index (χ0n) is 14.7. The summed E-state index contributed by atoms with van der Waals surface area (Å²) in [5.41, 5.74) is 3.14. The molecule has 2 aromatic rings. The predicted molar refractivity (Wildman–Crippen MR) is 104 cm³/mol. The van der Waals surface area contributed by atoms with E-state index in [0.717, 1.165) is 17.7 Å². The Balaban J connectivity index is 1.93. The van der Waals surface area contributed by atoms with Gasteiger partial charge < -0.3 is 5.11 Å². The molecule has 3 rings (SSSR count). The van der Waals surface area contributed by atoms with Gasteiger partial charge in [-0.25, -0.2) is 0 Å². The molecule has 0 spiro atoms. The summed E-state index contributed by atoms with van der Waals surface area (Å²) in [4.78, 5) is 18.2. The molecule has 0 bridgehead atoms. The molecule has 6 heteroatoms. The van der Waals surface area contributed by atoms with Gasteiger partial charge in [-0.15, -0.1) is 0 Å². The lowest BCUT2D eigenvalue weighted by Crippen LogP contribution is -2.39. The average molecular weight is 393 g/mol. The number of likely N-dealkylation sites (tertiary alicyclic amines) is 1. The Bertz CT molecular complexity index is 772. The molecule has 1 aliphatic heterocycles. The molecule has 1 saturated heterocycles. The van der Waals surface area contributed by atoms with E-state index in [-0.39, 0.29) is 12.0 Å². The fraction of sp³-hybridized carbons (Fsp3) is 0.400. The van der Waals surface area contributed by atoms with Gasteiger partial charge in [-0.1, -0.05) is 42.3 Å². The zero-order chi connectivity index (χ0) is 18.7. The Morgan fingerprint density at radius 3 is 2.50 bits per heavy atom. The fourth-order valence-corrected chi connectivity index (χ4v) is 3.77. The van der Waals surface area contributed by atoms with Gasteiger partial charge in [-0.05, 0) is 61.7 Å². The van der Waals surface area contributed by atoms with Gasteiger partial charge >= 0.3 is 5.97 Å². The van der Waals surface area contributed by atoms with Crippen molar-refractivity contribution in [1.29, 1.82) is 0 Å². The van der Waals surface area contributed by atoms with E-state index >= 15 is 0 Å². The summed E-state index contributed by atoms with van der Waals surface area (Å²) in [7, 11) is 0. The Morgan fingerprint density at radius 1 is 1.23 bits per heavy atom. The van der Waals surface area contributed by atoms with Gasteiger partial charge in [0.05, 0.1) is 27.7 Å². The SMILES string of the molecule is CCc1ccc(C(c2ccc(Cl)c(Cl)c2)N2CCC(C(=O)O)CC2)nc1. The summed E-state index contributed by atoms with van der Waals surface area (Å²) < 4.78 is 0. The fourth-order valence-electron chi connectivity index (χ4n) is 3.46. The Hall–Kier alpha value is -1.62. The molecule has 2 heterocycles. The summed E-state index contributed by atoms with van der Waals surface area (Å²) in [5.74, 6) is -0.975. The number of aliphatic carboxylic acids is 1. The zero-order valence-corrected chi connectivity index (χ0v) is 16.2. The molecule has 0 aliphatic carbocycles. The van der Waals surface area contributed by atoms with Crippen LogP contribution >= 0.6 is 23.2 Å². The molecule has 138 valence electrons. The van der Waals surface area contributed by atoms with Gasteiger partial charge in [0, 0.05) is 6.20 Å². The van der Waals surface area contributed by atoms with Crippen molar-refractivity contribution in [2.75, 3.05) is 13.1 Å². The van der Waals surface area contributed by atoms with E-state index in [1.807, 2.05) is 18.3 Å². The first-order valence-electron chi connectivity index (χ1n) is 8.86. The van der Waals surface area contributed by atoms with Crippen molar-refractivity contribution in [3.05, 3.63) is 63.4 Å². The van der Waals surface area contributed by atoms with E-state index in [9.17, 15) is 9.90 Å². The van der Waals surface area contributed by atoms with Crippen LogP contribution in [0.1, 0.15) is 42.6 Å². The molecule has 1 fully saturated rings. The van der Waals surface area contributed by atoms with Gasteiger partial charge in [-0.2, -0.15) is 0 Å². The largest absolute Gasteiger partial charge is 0.481 e. The molecule has 1 aromatic carbocycles. The molecule has 0 saturated carbocycles. The van der Waals surface area contributed by atoms with Gasteiger partial charge in [-0.3, -0.25) is 14.7 Å². The van der Waals surface area contributed by atoms with Gasteiger partial charge in [0.2, 0.25) is 0 Å². The van der Waals surface area contributed by atoms with Crippen molar-refractivity contribution < 1.29 is 9.90 Å². The number of carboxylic acids is 1. The predicted octanol–water partition coefficient (Wildman–Crippen LogP) is 4.84. The third kappa shape index (κ3) is 4.20. The Morgan fingerprint density at radius 2 is 1.96 bits per heavy atom. The van der Waals surface area contributed by atoms with Gasteiger partial charge in [0.25, 0.3) is 0 Å². The summed E-state index contributed by atoms with van der Waals surface area (Å²) in [5, 5.41) is 10.3. The number of halogens is 2. The summed E-state index contributed by atoms with van der Waals surface area (Å²) >= 11 is 12.3. The van der Waals surface area contributed by atoms with Crippen LogP contribution in [0.5, 0.6) is 0 Å². The van der Waals surface area contributed by atoms with Crippen molar-refractivity contribution in [1.82, 2.24) is 9.88 Å². The number of aryl methyl sites for hydroxylation is 1. The maximum atomic E-state index is 11.3. The highest BCUT2D eigenvalue weighted by molar-refractivity contribution is 6.42. The number of piperidine rings is 1. The average Bonchev–Trinajstić information content (AvgIpc) is 2.66. The first kappa shape index (κ1) is 19.2. The minimum absolute atomic E-state index is 0.0644. The summed E-state index contributed by atoms with van der Waals surface area (Å²) in [6, 6.07) is 9.73. The minimum atomic E-state index is -0.707. The van der Waals surface area contributed by atoms with E-state index < -0.39 is 5.97 Å². The molecular weight excluding hydrogens is 371 g/mol. The van der Waals surface area contributed by atoms with E-state index in [1.54, 1.807) is 6.07 Å². The number of nitrogens with zero attached hydrogens (tertiary/aromatic N) is 2. The highest BCUT2D eigenvalue weighted by Gasteiger charge is 2.31. The number of carboxylic acid groups (broad SMARTS) is 1. The summed E-state index contributed by atoms with van der Waals surface area (Å²) in [6.07, 6.45) is 4.12. The van der Waals surface area contributed by atoms with Crippen molar-refractivity contribution in [2.45, 2.75) is 32.2 Å². The van der Waals surface area contributed by atoms with Crippen molar-refractivity contribution in [3.8, 4) is 0 Å². The monoisotopic (exact) mass is 392 g/mol. The van der Waals surface area contributed by atoms with Crippen LogP contribution in [-0.2, 0) is 11.2 Å². The highest BCUT2D eigenvalue weighted by atomic mass is 35.5. The van der Waals surface area contributed by atoms with E-state index in [1.165, 1.54) is 5.56 Å². The van der Waals surface area contributed by atoms with Gasteiger partial charge in [0.1, 0.15) is 0 Å². The first-order valence-corrected chi connectivity index (χ1v) is 9.61. The quantitative estimate of drug-likeness (QED) is 0.790. The number of benzene rings is 1. The second-order valence-electron chi connectivity index (χ2n) is 6.67. The standard InChI is InChI=1S/C20H22Cl2N2O2/c1-2-13-3-6-18(23-12-13)19(15-4-5-16(21)17(22)11-15)24-9-7-14(8-10-24)20(25)26/h3-6,11-12,14,19H,2,7-10H2,1H3,(H,25,26). The molecule has 1 N–H and O–H groups in total. The third-order valence-electron chi connectivity index (χ3n) is 5.04.